The van der Waals surface area contributed by atoms with Crippen molar-refractivity contribution in [2.24, 2.45) is 0 Å². The second-order valence-electron chi connectivity index (χ2n) is 9.58. The van der Waals surface area contributed by atoms with Gasteiger partial charge in [0.15, 0.2) is 11.9 Å². The van der Waals surface area contributed by atoms with Crippen LogP contribution in [0.5, 0.6) is 5.75 Å². The minimum Gasteiger partial charge on any atom is -0.422 e. The van der Waals surface area contributed by atoms with Gasteiger partial charge in [-0.1, -0.05) is 30.3 Å². The van der Waals surface area contributed by atoms with Crippen LogP contribution in [0.2, 0.25) is 0 Å². The molecule has 1 aliphatic carbocycles. The van der Waals surface area contributed by atoms with Gasteiger partial charge in [-0.2, -0.15) is 0 Å². The number of carbonyl (C=O) groups excluding carboxylic acids is 1. The van der Waals surface area contributed by atoms with E-state index in [9.17, 15) is 30.3 Å². The molecule has 6 atom stereocenters. The molecule has 0 amide bonds. The Morgan fingerprint density at radius 3 is 2.49 bits per heavy atom. The third kappa shape index (κ3) is 3.28. The van der Waals surface area contributed by atoms with Crippen LogP contribution in [0, 0.1) is 0 Å². The van der Waals surface area contributed by atoms with Crippen LogP contribution >= 0.6 is 0 Å². The van der Waals surface area contributed by atoms with E-state index < -0.39 is 41.8 Å². The van der Waals surface area contributed by atoms with E-state index in [2.05, 4.69) is 4.98 Å². The molecule has 0 unspecified atom stereocenters. The van der Waals surface area contributed by atoms with Gasteiger partial charge in [-0.05, 0) is 52.6 Å². The first-order chi connectivity index (χ1) is 16.7. The van der Waals surface area contributed by atoms with Crippen LogP contribution in [0.3, 0.4) is 0 Å². The maximum absolute atomic E-state index is 13.1. The lowest BCUT2D eigenvalue weighted by Crippen LogP contribution is -2.60. The summed E-state index contributed by atoms with van der Waals surface area (Å²) < 4.78 is 11.0. The number of H-pyrrole nitrogens is 1. The Bertz CT molecular complexity index is 1470. The number of esters is 1. The van der Waals surface area contributed by atoms with Crippen LogP contribution in [0.15, 0.2) is 54.7 Å². The fourth-order valence-electron chi connectivity index (χ4n) is 5.49. The molecule has 0 radical (unpaired) electrons. The highest BCUT2D eigenvalue weighted by molar-refractivity contribution is 6.14. The summed E-state index contributed by atoms with van der Waals surface area (Å²) in [6.45, 7) is 0. The van der Waals surface area contributed by atoms with E-state index in [0.717, 1.165) is 27.1 Å². The number of fused-ring (bicyclic) bond motifs is 4. The summed E-state index contributed by atoms with van der Waals surface area (Å²) >= 11 is 0. The van der Waals surface area contributed by atoms with Gasteiger partial charge in [0, 0.05) is 18.1 Å². The van der Waals surface area contributed by atoms with E-state index >= 15 is 0 Å². The SMILES string of the molecule is O=C(Oc1c[nH]c2ccc3cc4ccccc4cc3c12)[C@@H]1O[C@@](O)([C@]2(O)CC[C@@H](O)C2)[C@H](O)[C@H]1O. The summed E-state index contributed by atoms with van der Waals surface area (Å²) in [7, 11) is 0. The van der Waals surface area contributed by atoms with Crippen molar-refractivity contribution in [1.82, 2.24) is 4.98 Å². The van der Waals surface area contributed by atoms with Gasteiger partial charge in [-0.3, -0.25) is 0 Å². The van der Waals surface area contributed by atoms with Crippen molar-refractivity contribution in [3.05, 3.63) is 54.7 Å². The second-order valence-corrected chi connectivity index (χ2v) is 9.58. The van der Waals surface area contributed by atoms with Crippen LogP contribution in [0.1, 0.15) is 19.3 Å². The van der Waals surface area contributed by atoms with Crippen molar-refractivity contribution in [3.63, 3.8) is 0 Å². The summed E-state index contributed by atoms with van der Waals surface area (Å²) in [5.74, 6) is -3.48. The molecule has 35 heavy (non-hydrogen) atoms. The highest BCUT2D eigenvalue weighted by atomic mass is 16.7. The minimum absolute atomic E-state index is 0.0708. The largest absolute Gasteiger partial charge is 0.422 e. The van der Waals surface area contributed by atoms with E-state index in [0.29, 0.717) is 5.39 Å². The predicted octanol–water partition coefficient (Wildman–Crippen LogP) is 1.46. The fraction of sp³-hybridized carbons (Fsp3) is 0.346. The molecule has 3 aromatic carbocycles. The number of rotatable bonds is 3. The highest BCUT2D eigenvalue weighted by Gasteiger charge is 2.67. The number of benzene rings is 3. The Labute approximate surface area is 199 Å². The van der Waals surface area contributed by atoms with E-state index in [1.54, 1.807) is 0 Å². The minimum atomic E-state index is -2.64. The van der Waals surface area contributed by atoms with Crippen LogP contribution in [-0.2, 0) is 9.53 Å². The molecule has 6 rings (SSSR count). The zero-order valence-corrected chi connectivity index (χ0v) is 18.6. The predicted molar refractivity (Wildman–Crippen MR) is 126 cm³/mol. The van der Waals surface area contributed by atoms with Gasteiger partial charge < -0.3 is 40.0 Å². The maximum atomic E-state index is 13.1. The molecule has 0 bridgehead atoms. The first kappa shape index (κ1) is 22.4. The molecule has 9 nitrogen and oxygen atoms in total. The van der Waals surface area contributed by atoms with Gasteiger partial charge in [-0.25, -0.2) is 4.79 Å². The van der Waals surface area contributed by atoms with Crippen LogP contribution in [0.4, 0.5) is 0 Å². The lowest BCUT2D eigenvalue weighted by Gasteiger charge is -2.39. The van der Waals surface area contributed by atoms with Crippen molar-refractivity contribution in [2.45, 2.75) is 55.1 Å². The van der Waals surface area contributed by atoms with E-state index in [4.69, 9.17) is 9.47 Å². The number of hydrogen-bond acceptors (Lipinski definition) is 8. The molecular weight excluding hydrogens is 454 g/mol. The summed E-state index contributed by atoms with van der Waals surface area (Å²) in [5.41, 5.74) is -1.30. The zero-order chi connectivity index (χ0) is 24.5. The molecule has 6 N–H and O–H groups in total. The Morgan fingerprint density at radius 1 is 1.03 bits per heavy atom. The van der Waals surface area contributed by atoms with Gasteiger partial charge in [0.2, 0.25) is 5.79 Å². The average molecular weight is 479 g/mol. The fourth-order valence-corrected chi connectivity index (χ4v) is 5.49. The summed E-state index contributed by atoms with van der Waals surface area (Å²) in [6, 6.07) is 15.8. The quantitative estimate of drug-likeness (QED) is 0.191. The number of aromatic nitrogens is 1. The van der Waals surface area contributed by atoms with Gasteiger partial charge in [-0.15, -0.1) is 0 Å². The summed E-state index contributed by atoms with van der Waals surface area (Å²) in [5, 5.41) is 57.2. The van der Waals surface area contributed by atoms with Gasteiger partial charge in [0.05, 0.1) is 11.5 Å². The molecule has 1 aromatic heterocycles. The van der Waals surface area contributed by atoms with Gasteiger partial charge in [0.1, 0.15) is 17.8 Å². The lowest BCUT2D eigenvalue weighted by atomic mass is 9.86. The smallest absolute Gasteiger partial charge is 0.343 e. The van der Waals surface area contributed by atoms with Crippen molar-refractivity contribution in [1.29, 1.82) is 0 Å². The van der Waals surface area contributed by atoms with E-state index in [-0.39, 0.29) is 25.0 Å². The maximum Gasteiger partial charge on any atom is 0.343 e. The Balaban J connectivity index is 1.34. The van der Waals surface area contributed by atoms with Crippen molar-refractivity contribution in [2.75, 3.05) is 0 Å². The summed E-state index contributed by atoms with van der Waals surface area (Å²) in [6.07, 6.45) is -5.13. The van der Waals surface area contributed by atoms with Crippen LogP contribution in [-0.4, -0.2) is 72.3 Å². The number of hydrogen-bond donors (Lipinski definition) is 6. The van der Waals surface area contributed by atoms with Crippen LogP contribution in [0.25, 0.3) is 32.4 Å². The Hall–Kier alpha value is -3.05. The molecule has 2 aliphatic rings. The lowest BCUT2D eigenvalue weighted by molar-refractivity contribution is -0.314. The number of aliphatic hydroxyl groups is 5. The van der Waals surface area contributed by atoms with Crippen molar-refractivity contribution >= 4 is 38.4 Å². The topological polar surface area (TPSA) is 152 Å². The average Bonchev–Trinajstić information content (AvgIpc) is 3.49. The second kappa shape index (κ2) is 7.72. The zero-order valence-electron chi connectivity index (χ0n) is 18.6. The molecule has 182 valence electrons. The van der Waals surface area contributed by atoms with Gasteiger partial charge in [0.25, 0.3) is 0 Å². The third-order valence-electron chi connectivity index (χ3n) is 7.41. The normalized spacial score (nSPS) is 33.2. The molecule has 0 spiro atoms. The third-order valence-corrected chi connectivity index (χ3v) is 7.41. The van der Waals surface area contributed by atoms with E-state index in [1.807, 2.05) is 48.5 Å². The molecule has 1 saturated carbocycles. The Morgan fingerprint density at radius 2 is 1.77 bits per heavy atom. The molecular formula is C26H25NO8. The Kier molecular flexibility index (Phi) is 4.95. The molecule has 1 aliphatic heterocycles. The van der Waals surface area contributed by atoms with Crippen molar-refractivity contribution in [3.8, 4) is 5.75 Å². The van der Waals surface area contributed by atoms with E-state index in [1.165, 1.54) is 6.20 Å². The number of aromatic amines is 1. The molecule has 2 fully saturated rings. The molecule has 4 aromatic rings. The number of carbonyl (C=O) groups is 1. The number of nitrogens with one attached hydrogen (secondary N) is 1. The monoisotopic (exact) mass is 479 g/mol. The summed E-state index contributed by atoms with van der Waals surface area (Å²) in [4.78, 5) is 16.1. The van der Waals surface area contributed by atoms with Gasteiger partial charge >= 0.3 is 5.97 Å². The molecule has 2 heterocycles. The number of aliphatic hydroxyl groups excluding tert-OH is 3. The highest BCUT2D eigenvalue weighted by Crippen LogP contribution is 2.46. The molecule has 9 heteroatoms. The number of ether oxygens (including phenoxy) is 2. The van der Waals surface area contributed by atoms with Crippen LogP contribution < -0.4 is 4.74 Å². The standard InChI is InChI=1S/C26H25NO8/c28-16-7-8-25(32,11-16)26(33)23(30)21(29)22(35-26)24(31)34-19-12-27-18-6-5-15-9-13-3-1-2-4-14(13)10-17(15)20(18)19/h1-6,9-10,12,16,21-23,27-30,32-33H,7-8,11H2/t16-,21+,22-,23-,25+,26-/m1/s1. The molecule has 1 saturated heterocycles. The van der Waals surface area contributed by atoms with Crippen molar-refractivity contribution < 1.29 is 39.8 Å². The first-order valence-electron chi connectivity index (χ1n) is 11.5. The first-order valence-corrected chi connectivity index (χ1v) is 11.5.